The predicted octanol–water partition coefficient (Wildman–Crippen LogP) is 2.67. The fourth-order valence-corrected chi connectivity index (χ4v) is 3.20. The van der Waals surface area contributed by atoms with Gasteiger partial charge in [-0.05, 0) is 50.3 Å². The quantitative estimate of drug-likeness (QED) is 0.906. The van der Waals surface area contributed by atoms with Gasteiger partial charge in [0.05, 0.1) is 13.2 Å². The van der Waals surface area contributed by atoms with E-state index in [1.54, 1.807) is 0 Å². The van der Waals surface area contributed by atoms with Gasteiger partial charge < -0.3 is 10.5 Å². The average molecular weight is 290 g/mol. The molecule has 3 heteroatoms. The highest BCUT2D eigenvalue weighted by molar-refractivity contribution is 5.30. The minimum absolute atomic E-state index is 0.0442. The van der Waals surface area contributed by atoms with Crippen LogP contribution < -0.4 is 5.73 Å². The Bertz CT molecular complexity index is 468. The highest BCUT2D eigenvalue weighted by Gasteiger charge is 2.36. The molecule has 2 unspecified atom stereocenters. The molecule has 1 aromatic rings. The molecule has 3 nitrogen and oxygen atoms in total. The fraction of sp³-hybridized carbons (Fsp3) is 0.667. The summed E-state index contributed by atoms with van der Waals surface area (Å²) >= 11 is 0. The van der Waals surface area contributed by atoms with Crippen LogP contribution in [0.4, 0.5) is 0 Å². The standard InChI is InChI=1S/C18H30N2O/c1-5-18(4,20-8-10-21-11-9-20)17(19)13-16-7-6-14(2)15(3)12-16/h6-7,12,17H,5,8-11,13,19H2,1-4H3. The van der Waals surface area contributed by atoms with Gasteiger partial charge in [-0.25, -0.2) is 0 Å². The largest absolute Gasteiger partial charge is 0.379 e. The van der Waals surface area contributed by atoms with Gasteiger partial charge in [0.2, 0.25) is 0 Å². The van der Waals surface area contributed by atoms with Crippen molar-refractivity contribution in [1.82, 2.24) is 4.90 Å². The molecule has 0 bridgehead atoms. The Balaban J connectivity index is 2.11. The molecule has 118 valence electrons. The summed E-state index contributed by atoms with van der Waals surface area (Å²) in [5, 5.41) is 0. The molecule has 2 rings (SSSR count). The summed E-state index contributed by atoms with van der Waals surface area (Å²) in [5.41, 5.74) is 10.7. The number of hydrogen-bond acceptors (Lipinski definition) is 3. The number of benzene rings is 1. The average Bonchev–Trinajstić information content (AvgIpc) is 2.51. The van der Waals surface area contributed by atoms with Crippen molar-refractivity contribution in [1.29, 1.82) is 0 Å². The van der Waals surface area contributed by atoms with Crippen LogP contribution in [0, 0.1) is 13.8 Å². The van der Waals surface area contributed by atoms with E-state index in [-0.39, 0.29) is 11.6 Å². The van der Waals surface area contributed by atoms with Crippen LogP contribution in [0.1, 0.15) is 37.0 Å². The van der Waals surface area contributed by atoms with Crippen LogP contribution in [0.25, 0.3) is 0 Å². The first-order valence-electron chi connectivity index (χ1n) is 8.12. The van der Waals surface area contributed by atoms with E-state index in [1.807, 2.05) is 0 Å². The van der Waals surface area contributed by atoms with Crippen LogP contribution in [0.3, 0.4) is 0 Å². The SMILES string of the molecule is CCC(C)(C(N)Cc1ccc(C)c(C)c1)N1CCOCC1. The molecule has 0 radical (unpaired) electrons. The number of rotatable bonds is 5. The van der Waals surface area contributed by atoms with Crippen molar-refractivity contribution in [2.45, 2.75) is 52.1 Å². The van der Waals surface area contributed by atoms with Crippen molar-refractivity contribution in [3.63, 3.8) is 0 Å². The zero-order chi connectivity index (χ0) is 15.5. The number of aryl methyl sites for hydroxylation is 2. The maximum atomic E-state index is 6.63. The summed E-state index contributed by atoms with van der Waals surface area (Å²) in [7, 11) is 0. The van der Waals surface area contributed by atoms with E-state index in [1.165, 1.54) is 16.7 Å². The molecule has 1 saturated heterocycles. The van der Waals surface area contributed by atoms with Crippen LogP contribution in [-0.2, 0) is 11.2 Å². The molecule has 0 aliphatic carbocycles. The maximum absolute atomic E-state index is 6.63. The first-order chi connectivity index (χ1) is 9.97. The Hall–Kier alpha value is -0.900. The van der Waals surface area contributed by atoms with E-state index < -0.39 is 0 Å². The second-order valence-corrected chi connectivity index (χ2v) is 6.54. The van der Waals surface area contributed by atoms with E-state index in [0.717, 1.165) is 39.1 Å². The van der Waals surface area contributed by atoms with E-state index >= 15 is 0 Å². The van der Waals surface area contributed by atoms with Crippen molar-refractivity contribution < 1.29 is 4.74 Å². The van der Waals surface area contributed by atoms with Crippen LogP contribution in [0.5, 0.6) is 0 Å². The zero-order valence-electron chi connectivity index (χ0n) is 14.0. The van der Waals surface area contributed by atoms with Gasteiger partial charge in [-0.15, -0.1) is 0 Å². The van der Waals surface area contributed by atoms with E-state index in [9.17, 15) is 0 Å². The van der Waals surface area contributed by atoms with Crippen LogP contribution in [0.2, 0.25) is 0 Å². The van der Waals surface area contributed by atoms with Crippen LogP contribution >= 0.6 is 0 Å². The summed E-state index contributed by atoms with van der Waals surface area (Å²) in [6.45, 7) is 12.5. The Morgan fingerprint density at radius 2 is 1.90 bits per heavy atom. The molecule has 0 aromatic heterocycles. The molecule has 1 aliphatic heterocycles. The number of nitrogens with two attached hydrogens (primary N) is 1. The molecular weight excluding hydrogens is 260 g/mol. The first kappa shape index (κ1) is 16.5. The maximum Gasteiger partial charge on any atom is 0.0594 e. The lowest BCUT2D eigenvalue weighted by molar-refractivity contribution is -0.0272. The van der Waals surface area contributed by atoms with Gasteiger partial charge in [0.1, 0.15) is 0 Å². The molecular formula is C18H30N2O. The first-order valence-corrected chi connectivity index (χ1v) is 8.12. The third kappa shape index (κ3) is 3.65. The molecule has 1 aliphatic rings. The summed E-state index contributed by atoms with van der Waals surface area (Å²) in [4.78, 5) is 2.52. The minimum Gasteiger partial charge on any atom is -0.379 e. The minimum atomic E-state index is 0.0442. The molecule has 2 atom stereocenters. The molecule has 0 amide bonds. The van der Waals surface area contributed by atoms with Gasteiger partial charge in [0.15, 0.2) is 0 Å². The lowest BCUT2D eigenvalue weighted by atomic mass is 9.83. The highest BCUT2D eigenvalue weighted by atomic mass is 16.5. The van der Waals surface area contributed by atoms with Crippen molar-refractivity contribution in [2.75, 3.05) is 26.3 Å². The second kappa shape index (κ2) is 6.91. The Kier molecular flexibility index (Phi) is 5.42. The van der Waals surface area contributed by atoms with Gasteiger partial charge in [-0.1, -0.05) is 25.1 Å². The van der Waals surface area contributed by atoms with Crippen molar-refractivity contribution in [3.8, 4) is 0 Å². The lowest BCUT2D eigenvalue weighted by Crippen LogP contribution is -2.61. The number of morpholine rings is 1. The lowest BCUT2D eigenvalue weighted by Gasteiger charge is -2.46. The third-order valence-corrected chi connectivity index (χ3v) is 5.28. The number of hydrogen-bond donors (Lipinski definition) is 1. The van der Waals surface area contributed by atoms with E-state index in [2.05, 4.69) is 50.8 Å². The molecule has 0 saturated carbocycles. The van der Waals surface area contributed by atoms with Gasteiger partial charge >= 0.3 is 0 Å². The Morgan fingerprint density at radius 3 is 2.48 bits per heavy atom. The number of ether oxygens (including phenoxy) is 1. The molecule has 0 spiro atoms. The summed E-state index contributed by atoms with van der Waals surface area (Å²) < 4.78 is 5.48. The summed E-state index contributed by atoms with van der Waals surface area (Å²) in [5.74, 6) is 0. The Labute approximate surface area is 129 Å². The van der Waals surface area contributed by atoms with Gasteiger partial charge in [0.25, 0.3) is 0 Å². The normalized spacial score (nSPS) is 21.0. The van der Waals surface area contributed by atoms with Gasteiger partial charge in [0, 0.05) is 24.7 Å². The predicted molar refractivity (Wildman–Crippen MR) is 88.7 cm³/mol. The highest BCUT2D eigenvalue weighted by Crippen LogP contribution is 2.26. The monoisotopic (exact) mass is 290 g/mol. The topological polar surface area (TPSA) is 38.5 Å². The van der Waals surface area contributed by atoms with Crippen LogP contribution in [-0.4, -0.2) is 42.8 Å². The molecule has 1 heterocycles. The van der Waals surface area contributed by atoms with E-state index in [0.29, 0.717) is 0 Å². The molecule has 1 fully saturated rings. The zero-order valence-corrected chi connectivity index (χ0v) is 14.0. The van der Waals surface area contributed by atoms with Gasteiger partial charge in [-0.2, -0.15) is 0 Å². The summed E-state index contributed by atoms with van der Waals surface area (Å²) in [6.07, 6.45) is 2.00. The van der Waals surface area contributed by atoms with Gasteiger partial charge in [-0.3, -0.25) is 4.90 Å². The van der Waals surface area contributed by atoms with Crippen molar-refractivity contribution in [3.05, 3.63) is 34.9 Å². The molecule has 21 heavy (non-hydrogen) atoms. The van der Waals surface area contributed by atoms with Crippen molar-refractivity contribution in [2.24, 2.45) is 5.73 Å². The smallest absolute Gasteiger partial charge is 0.0594 e. The Morgan fingerprint density at radius 1 is 1.24 bits per heavy atom. The second-order valence-electron chi connectivity index (χ2n) is 6.54. The van der Waals surface area contributed by atoms with Crippen molar-refractivity contribution >= 4 is 0 Å². The van der Waals surface area contributed by atoms with Crippen LogP contribution in [0.15, 0.2) is 18.2 Å². The molecule has 2 N–H and O–H groups in total. The van der Waals surface area contributed by atoms with E-state index in [4.69, 9.17) is 10.5 Å². The third-order valence-electron chi connectivity index (χ3n) is 5.28. The number of nitrogens with zero attached hydrogens (tertiary/aromatic N) is 1. The fourth-order valence-electron chi connectivity index (χ4n) is 3.20. The molecule has 1 aromatic carbocycles. The summed E-state index contributed by atoms with van der Waals surface area (Å²) in [6, 6.07) is 6.85.